The van der Waals surface area contributed by atoms with Gasteiger partial charge in [0, 0.05) is 35.0 Å². The summed E-state index contributed by atoms with van der Waals surface area (Å²) in [5.74, 6) is 1.49. The molecule has 1 fully saturated rings. The quantitative estimate of drug-likeness (QED) is 0.349. The highest BCUT2D eigenvalue weighted by atomic mass is 32.1. The Morgan fingerprint density at radius 3 is 2.58 bits per heavy atom. The third-order valence-electron chi connectivity index (χ3n) is 7.34. The standard InChI is InChI=1S/C29H28N4O2S/c1-17-8-7-10-24(19(17)3)32-18(2)14-22(20(32)4)28-27(23-9-5-6-13-30-23)31-29(36)33(28)21-11-12-25-26(15-21)35-16-34-25/h5-15,27-28H,16H2,1-4H3,(H,31,36). The van der Waals surface area contributed by atoms with Crippen molar-refractivity contribution in [3.8, 4) is 17.2 Å². The number of aromatic nitrogens is 2. The first-order valence-corrected chi connectivity index (χ1v) is 12.5. The Labute approximate surface area is 216 Å². The SMILES string of the molecule is Cc1cccc(-n2c(C)cc(C3C(c4ccccn4)NC(=S)N3c3ccc4c(c3)OCO4)c2C)c1C. The number of fused-ring (bicyclic) bond motifs is 1. The summed E-state index contributed by atoms with van der Waals surface area (Å²) in [4.78, 5) is 6.89. The summed E-state index contributed by atoms with van der Waals surface area (Å²) in [5.41, 5.74) is 9.23. The van der Waals surface area contributed by atoms with Crippen LogP contribution in [0.1, 0.15) is 45.9 Å². The summed E-state index contributed by atoms with van der Waals surface area (Å²) in [7, 11) is 0. The molecule has 0 saturated carbocycles. The Morgan fingerprint density at radius 2 is 1.78 bits per heavy atom. The van der Waals surface area contributed by atoms with E-state index in [1.54, 1.807) is 0 Å². The molecule has 1 saturated heterocycles. The van der Waals surface area contributed by atoms with Crippen LogP contribution >= 0.6 is 12.2 Å². The lowest BCUT2D eigenvalue weighted by molar-refractivity contribution is 0.174. The number of nitrogens with one attached hydrogen (secondary N) is 1. The molecule has 2 aliphatic heterocycles. The van der Waals surface area contributed by atoms with Gasteiger partial charge in [-0.2, -0.15) is 0 Å². The number of pyridine rings is 1. The van der Waals surface area contributed by atoms with Crippen LogP contribution in [-0.2, 0) is 0 Å². The van der Waals surface area contributed by atoms with Crippen molar-refractivity contribution >= 4 is 23.0 Å². The molecule has 4 heterocycles. The van der Waals surface area contributed by atoms with E-state index in [0.717, 1.165) is 22.9 Å². The zero-order valence-electron chi connectivity index (χ0n) is 20.8. The summed E-state index contributed by atoms with van der Waals surface area (Å²) in [6.07, 6.45) is 1.83. The minimum Gasteiger partial charge on any atom is -0.454 e. The predicted octanol–water partition coefficient (Wildman–Crippen LogP) is 6.01. The Bertz CT molecular complexity index is 1480. The maximum absolute atomic E-state index is 5.93. The van der Waals surface area contributed by atoms with Gasteiger partial charge >= 0.3 is 0 Å². The molecule has 0 aliphatic carbocycles. The monoisotopic (exact) mass is 496 g/mol. The van der Waals surface area contributed by atoms with E-state index < -0.39 is 0 Å². The van der Waals surface area contributed by atoms with Crippen molar-refractivity contribution in [1.29, 1.82) is 0 Å². The molecule has 0 radical (unpaired) electrons. The minimum absolute atomic E-state index is 0.0992. The fourth-order valence-corrected chi connectivity index (χ4v) is 5.77. The summed E-state index contributed by atoms with van der Waals surface area (Å²) in [5, 5.41) is 4.22. The summed E-state index contributed by atoms with van der Waals surface area (Å²) < 4.78 is 13.6. The Morgan fingerprint density at radius 1 is 0.944 bits per heavy atom. The number of benzene rings is 2. The van der Waals surface area contributed by atoms with Gasteiger partial charge in [0.25, 0.3) is 0 Å². The normalized spacial score (nSPS) is 18.6. The van der Waals surface area contributed by atoms with E-state index in [1.807, 2.05) is 36.5 Å². The number of ether oxygens (including phenoxy) is 2. The van der Waals surface area contributed by atoms with Crippen molar-refractivity contribution in [3.05, 3.63) is 101 Å². The zero-order chi connectivity index (χ0) is 25.0. The van der Waals surface area contributed by atoms with Gasteiger partial charge in [0.1, 0.15) is 0 Å². The van der Waals surface area contributed by atoms with Crippen LogP contribution in [0.25, 0.3) is 5.69 Å². The number of hydrogen-bond donors (Lipinski definition) is 1. The molecule has 4 aromatic rings. The molecule has 1 N–H and O–H groups in total. The van der Waals surface area contributed by atoms with Crippen molar-refractivity contribution < 1.29 is 9.47 Å². The molecule has 0 spiro atoms. The predicted molar refractivity (Wildman–Crippen MR) is 145 cm³/mol. The second kappa shape index (κ2) is 8.68. The Balaban J connectivity index is 1.53. The van der Waals surface area contributed by atoms with Gasteiger partial charge in [0.2, 0.25) is 6.79 Å². The molecule has 2 aliphatic rings. The second-order valence-corrected chi connectivity index (χ2v) is 9.80. The van der Waals surface area contributed by atoms with Crippen molar-refractivity contribution in [2.45, 2.75) is 39.8 Å². The van der Waals surface area contributed by atoms with Crippen molar-refractivity contribution in [3.63, 3.8) is 0 Å². The van der Waals surface area contributed by atoms with E-state index >= 15 is 0 Å². The van der Waals surface area contributed by atoms with Gasteiger partial charge in [0.15, 0.2) is 16.6 Å². The smallest absolute Gasteiger partial charge is 0.231 e. The van der Waals surface area contributed by atoms with Gasteiger partial charge in [-0.05, 0) is 93.0 Å². The topological polar surface area (TPSA) is 51.6 Å². The molecule has 0 amide bonds. The molecule has 2 atom stereocenters. The molecule has 6 rings (SSSR count). The van der Waals surface area contributed by atoms with Crippen LogP contribution in [0.3, 0.4) is 0 Å². The molecule has 2 aromatic carbocycles. The summed E-state index contributed by atoms with van der Waals surface area (Å²) in [6, 6.07) is 20.6. The maximum Gasteiger partial charge on any atom is 0.231 e. The molecule has 2 aromatic heterocycles. The molecular formula is C29H28N4O2S. The molecule has 182 valence electrons. The fraction of sp³-hybridized carbons (Fsp3) is 0.241. The van der Waals surface area contributed by atoms with Crippen LogP contribution in [0.2, 0.25) is 0 Å². The van der Waals surface area contributed by atoms with E-state index in [9.17, 15) is 0 Å². The Hall–Kier alpha value is -3.84. The van der Waals surface area contributed by atoms with E-state index in [4.69, 9.17) is 26.7 Å². The third kappa shape index (κ3) is 3.54. The van der Waals surface area contributed by atoms with Gasteiger partial charge in [-0.1, -0.05) is 18.2 Å². The lowest BCUT2D eigenvalue weighted by atomic mass is 9.96. The van der Waals surface area contributed by atoms with Gasteiger partial charge in [-0.15, -0.1) is 0 Å². The highest BCUT2D eigenvalue weighted by molar-refractivity contribution is 7.80. The van der Waals surface area contributed by atoms with Crippen LogP contribution in [0.15, 0.2) is 66.9 Å². The average Bonchev–Trinajstić information content (AvgIpc) is 3.56. The summed E-state index contributed by atoms with van der Waals surface area (Å²) >= 11 is 5.93. The van der Waals surface area contributed by atoms with E-state index in [0.29, 0.717) is 5.11 Å². The number of hydrogen-bond acceptors (Lipinski definition) is 4. The zero-order valence-corrected chi connectivity index (χ0v) is 21.6. The lowest BCUT2D eigenvalue weighted by Gasteiger charge is -2.28. The number of aryl methyl sites for hydroxylation is 2. The first-order chi connectivity index (χ1) is 17.4. The second-order valence-electron chi connectivity index (χ2n) is 9.42. The first kappa shape index (κ1) is 22.6. The molecule has 0 bridgehead atoms. The van der Waals surface area contributed by atoms with Gasteiger partial charge in [-0.3, -0.25) is 4.98 Å². The number of thiocarbonyl (C=S) groups is 1. The van der Waals surface area contributed by atoms with Crippen LogP contribution in [0, 0.1) is 27.7 Å². The van der Waals surface area contributed by atoms with Crippen LogP contribution in [-0.4, -0.2) is 21.5 Å². The molecule has 36 heavy (non-hydrogen) atoms. The maximum atomic E-state index is 5.93. The van der Waals surface area contributed by atoms with Crippen molar-refractivity contribution in [2.24, 2.45) is 0 Å². The highest BCUT2D eigenvalue weighted by Crippen LogP contribution is 2.46. The van der Waals surface area contributed by atoms with E-state index in [-0.39, 0.29) is 18.9 Å². The molecule has 7 heteroatoms. The van der Waals surface area contributed by atoms with Crippen molar-refractivity contribution in [1.82, 2.24) is 14.9 Å². The largest absolute Gasteiger partial charge is 0.454 e. The van der Waals surface area contributed by atoms with Crippen LogP contribution in [0.5, 0.6) is 11.5 Å². The number of rotatable bonds is 4. The Kier molecular flexibility index (Phi) is 5.45. The van der Waals surface area contributed by atoms with E-state index in [1.165, 1.54) is 33.8 Å². The first-order valence-electron chi connectivity index (χ1n) is 12.1. The third-order valence-corrected chi connectivity index (χ3v) is 7.65. The van der Waals surface area contributed by atoms with E-state index in [2.05, 4.69) is 72.8 Å². The molecule has 2 unspecified atom stereocenters. The minimum atomic E-state index is -0.114. The van der Waals surface area contributed by atoms with Crippen LogP contribution < -0.4 is 19.7 Å². The number of nitrogens with zero attached hydrogens (tertiary/aromatic N) is 3. The van der Waals surface area contributed by atoms with Gasteiger partial charge in [-0.25, -0.2) is 0 Å². The van der Waals surface area contributed by atoms with Gasteiger partial charge < -0.3 is 24.3 Å². The highest BCUT2D eigenvalue weighted by Gasteiger charge is 2.42. The summed E-state index contributed by atoms with van der Waals surface area (Å²) in [6.45, 7) is 8.94. The number of anilines is 1. The average molecular weight is 497 g/mol. The molecular weight excluding hydrogens is 468 g/mol. The van der Waals surface area contributed by atoms with Gasteiger partial charge in [0.05, 0.1) is 17.8 Å². The molecule has 6 nitrogen and oxygen atoms in total. The van der Waals surface area contributed by atoms with Crippen LogP contribution in [0.4, 0.5) is 5.69 Å². The fourth-order valence-electron chi connectivity index (χ4n) is 5.42. The lowest BCUT2D eigenvalue weighted by Crippen LogP contribution is -2.29. The van der Waals surface area contributed by atoms with Crippen molar-refractivity contribution in [2.75, 3.05) is 11.7 Å².